The summed E-state index contributed by atoms with van der Waals surface area (Å²) in [5.74, 6) is 0. The first-order valence-electron chi connectivity index (χ1n) is 4.28. The minimum atomic E-state index is 0.795. The fraction of sp³-hybridized carbons (Fsp3) is 0.0909. The van der Waals surface area contributed by atoms with Crippen LogP contribution in [0.3, 0.4) is 0 Å². The monoisotopic (exact) mass is 223 g/mol. The van der Waals surface area contributed by atoms with E-state index in [1.807, 2.05) is 36.6 Å². The van der Waals surface area contributed by atoms with Gasteiger partial charge in [0.1, 0.15) is 0 Å². The Bertz CT molecular complexity index is 462. The fourth-order valence-electron chi connectivity index (χ4n) is 1.39. The summed E-state index contributed by atoms with van der Waals surface area (Å²) in [6.45, 7) is 2.01. The molecular formula is C11H10ClNS. The van der Waals surface area contributed by atoms with Crippen molar-refractivity contribution in [2.75, 3.05) is 5.73 Å². The van der Waals surface area contributed by atoms with Crippen LogP contribution < -0.4 is 5.73 Å². The van der Waals surface area contributed by atoms with Crippen LogP contribution in [0.2, 0.25) is 5.02 Å². The SMILES string of the molecule is Cc1c(N)cccc1-c1sccc1Cl. The first-order chi connectivity index (χ1) is 6.70. The summed E-state index contributed by atoms with van der Waals surface area (Å²) in [6, 6.07) is 7.81. The van der Waals surface area contributed by atoms with Gasteiger partial charge in [0, 0.05) is 5.69 Å². The number of thiophene rings is 1. The summed E-state index contributed by atoms with van der Waals surface area (Å²) in [5.41, 5.74) is 8.87. The molecule has 0 aliphatic carbocycles. The second-order valence-electron chi connectivity index (χ2n) is 3.12. The molecule has 0 saturated heterocycles. The van der Waals surface area contributed by atoms with Gasteiger partial charge in [0.05, 0.1) is 9.90 Å². The molecule has 1 aromatic heterocycles. The van der Waals surface area contributed by atoms with Crippen molar-refractivity contribution in [3.63, 3.8) is 0 Å². The van der Waals surface area contributed by atoms with E-state index in [9.17, 15) is 0 Å². The van der Waals surface area contributed by atoms with E-state index >= 15 is 0 Å². The largest absolute Gasteiger partial charge is 0.398 e. The van der Waals surface area contributed by atoms with Crippen molar-refractivity contribution in [1.29, 1.82) is 0 Å². The van der Waals surface area contributed by atoms with Crippen LogP contribution in [-0.2, 0) is 0 Å². The van der Waals surface area contributed by atoms with E-state index in [4.69, 9.17) is 17.3 Å². The molecule has 2 aromatic rings. The van der Waals surface area contributed by atoms with Crippen LogP contribution >= 0.6 is 22.9 Å². The smallest absolute Gasteiger partial charge is 0.0592 e. The molecule has 2 rings (SSSR count). The van der Waals surface area contributed by atoms with Gasteiger partial charge in [-0.1, -0.05) is 23.7 Å². The van der Waals surface area contributed by atoms with Crippen LogP contribution in [0.5, 0.6) is 0 Å². The number of anilines is 1. The van der Waals surface area contributed by atoms with Crippen LogP contribution in [0.15, 0.2) is 29.6 Å². The Labute approximate surface area is 92.1 Å². The number of hydrogen-bond donors (Lipinski definition) is 1. The van der Waals surface area contributed by atoms with Gasteiger partial charge in [0.15, 0.2) is 0 Å². The van der Waals surface area contributed by atoms with Gasteiger partial charge in [0.2, 0.25) is 0 Å². The molecule has 2 N–H and O–H groups in total. The molecule has 0 aliphatic heterocycles. The Balaban J connectivity index is 2.63. The highest BCUT2D eigenvalue weighted by Gasteiger charge is 2.08. The molecule has 14 heavy (non-hydrogen) atoms. The minimum absolute atomic E-state index is 0.795. The third-order valence-corrected chi connectivity index (χ3v) is 3.61. The van der Waals surface area contributed by atoms with Crippen molar-refractivity contribution >= 4 is 28.6 Å². The van der Waals surface area contributed by atoms with E-state index in [1.165, 1.54) is 0 Å². The second kappa shape index (κ2) is 3.64. The van der Waals surface area contributed by atoms with E-state index in [0.717, 1.165) is 26.7 Å². The van der Waals surface area contributed by atoms with Gasteiger partial charge in [-0.25, -0.2) is 0 Å². The van der Waals surface area contributed by atoms with Crippen molar-refractivity contribution in [3.8, 4) is 10.4 Å². The lowest BCUT2D eigenvalue weighted by atomic mass is 10.1. The predicted octanol–water partition coefficient (Wildman–Crippen LogP) is 3.96. The van der Waals surface area contributed by atoms with Gasteiger partial charge in [-0.3, -0.25) is 0 Å². The maximum Gasteiger partial charge on any atom is 0.0592 e. The molecule has 1 aromatic carbocycles. The van der Waals surface area contributed by atoms with E-state index in [1.54, 1.807) is 11.3 Å². The standard InChI is InChI=1S/C11H10ClNS/c1-7-8(3-2-4-10(7)13)11-9(12)5-6-14-11/h2-6H,13H2,1H3. The maximum atomic E-state index is 6.07. The highest BCUT2D eigenvalue weighted by atomic mass is 35.5. The topological polar surface area (TPSA) is 26.0 Å². The van der Waals surface area contributed by atoms with Crippen molar-refractivity contribution < 1.29 is 0 Å². The Kier molecular flexibility index (Phi) is 2.48. The molecular weight excluding hydrogens is 214 g/mol. The van der Waals surface area contributed by atoms with Crippen LogP contribution in [0, 0.1) is 6.92 Å². The summed E-state index contributed by atoms with van der Waals surface area (Å²) in [6.07, 6.45) is 0. The Morgan fingerprint density at radius 1 is 1.29 bits per heavy atom. The molecule has 0 amide bonds. The van der Waals surface area contributed by atoms with E-state index < -0.39 is 0 Å². The van der Waals surface area contributed by atoms with Gasteiger partial charge in [0.25, 0.3) is 0 Å². The van der Waals surface area contributed by atoms with Crippen LogP contribution in [0.4, 0.5) is 5.69 Å². The first kappa shape index (κ1) is 9.56. The average Bonchev–Trinajstić information content (AvgIpc) is 2.57. The van der Waals surface area contributed by atoms with Crippen molar-refractivity contribution in [3.05, 3.63) is 40.2 Å². The van der Waals surface area contributed by atoms with E-state index in [0.29, 0.717) is 0 Å². The summed E-state index contributed by atoms with van der Waals surface area (Å²) in [4.78, 5) is 1.09. The number of rotatable bonds is 1. The molecule has 3 heteroatoms. The van der Waals surface area contributed by atoms with Crippen LogP contribution in [0.1, 0.15) is 5.56 Å². The number of nitrogens with two attached hydrogens (primary N) is 1. The lowest BCUT2D eigenvalue weighted by Crippen LogP contribution is -1.90. The van der Waals surface area contributed by atoms with E-state index in [-0.39, 0.29) is 0 Å². The zero-order chi connectivity index (χ0) is 10.1. The predicted molar refractivity (Wildman–Crippen MR) is 63.9 cm³/mol. The number of hydrogen-bond acceptors (Lipinski definition) is 2. The summed E-state index contributed by atoms with van der Waals surface area (Å²) in [5, 5.41) is 2.78. The molecule has 0 bridgehead atoms. The maximum absolute atomic E-state index is 6.07. The van der Waals surface area contributed by atoms with Crippen LogP contribution in [-0.4, -0.2) is 0 Å². The number of benzene rings is 1. The van der Waals surface area contributed by atoms with Crippen molar-refractivity contribution in [2.24, 2.45) is 0 Å². The van der Waals surface area contributed by atoms with Crippen molar-refractivity contribution in [1.82, 2.24) is 0 Å². The molecule has 0 radical (unpaired) electrons. The first-order valence-corrected chi connectivity index (χ1v) is 5.54. The molecule has 72 valence electrons. The molecule has 0 aliphatic rings. The quantitative estimate of drug-likeness (QED) is 0.728. The Hall–Kier alpha value is -0.990. The lowest BCUT2D eigenvalue weighted by molar-refractivity contribution is 1.47. The minimum Gasteiger partial charge on any atom is -0.398 e. The molecule has 0 saturated carbocycles. The van der Waals surface area contributed by atoms with Gasteiger partial charge in [-0.15, -0.1) is 11.3 Å². The summed E-state index contributed by atoms with van der Waals surface area (Å²) < 4.78 is 0. The third-order valence-electron chi connectivity index (χ3n) is 2.24. The Morgan fingerprint density at radius 3 is 2.71 bits per heavy atom. The summed E-state index contributed by atoms with van der Waals surface area (Å²) >= 11 is 7.71. The molecule has 0 spiro atoms. The van der Waals surface area contributed by atoms with Gasteiger partial charge >= 0.3 is 0 Å². The van der Waals surface area contributed by atoms with Crippen LogP contribution in [0.25, 0.3) is 10.4 Å². The van der Waals surface area contributed by atoms with Gasteiger partial charge < -0.3 is 5.73 Å². The Morgan fingerprint density at radius 2 is 2.07 bits per heavy atom. The lowest BCUT2D eigenvalue weighted by Gasteiger charge is -2.06. The van der Waals surface area contributed by atoms with Crippen molar-refractivity contribution in [2.45, 2.75) is 6.92 Å². The molecule has 1 nitrogen and oxygen atoms in total. The zero-order valence-corrected chi connectivity index (χ0v) is 9.32. The van der Waals surface area contributed by atoms with Gasteiger partial charge in [-0.2, -0.15) is 0 Å². The fourth-order valence-corrected chi connectivity index (χ4v) is 2.63. The summed E-state index contributed by atoms with van der Waals surface area (Å²) in [7, 11) is 0. The molecule has 1 heterocycles. The molecule has 0 atom stereocenters. The number of halogens is 1. The van der Waals surface area contributed by atoms with Gasteiger partial charge in [-0.05, 0) is 35.6 Å². The average molecular weight is 224 g/mol. The zero-order valence-electron chi connectivity index (χ0n) is 7.75. The second-order valence-corrected chi connectivity index (χ2v) is 4.44. The highest BCUT2D eigenvalue weighted by Crippen LogP contribution is 2.36. The third kappa shape index (κ3) is 1.51. The molecule has 0 fully saturated rings. The highest BCUT2D eigenvalue weighted by molar-refractivity contribution is 7.14. The van der Waals surface area contributed by atoms with E-state index in [2.05, 4.69) is 0 Å². The molecule has 0 unspecified atom stereocenters. The normalized spacial score (nSPS) is 10.4. The number of nitrogen functional groups attached to an aromatic ring is 1.